The molecule has 0 radical (unpaired) electrons. The number of imide groups is 1. The molecule has 0 bridgehead atoms. The average molecular weight is 301 g/mol. The molecule has 1 unspecified atom stereocenters. The first kappa shape index (κ1) is 17.0. The van der Waals surface area contributed by atoms with Crippen LogP contribution < -0.4 is 24.0 Å². The normalized spacial score (nSPS) is 14.2. The SMILES string of the molecule is O=C([O-])C(Cc1ccccc1)N1C(=O)c2ccccc2C1=O.[Li+]. The number of carbonyl (C=O) groups is 3. The zero-order valence-corrected chi connectivity index (χ0v) is 12.6. The number of hydrogen-bond acceptors (Lipinski definition) is 4. The van der Waals surface area contributed by atoms with Crippen molar-refractivity contribution in [3.8, 4) is 0 Å². The van der Waals surface area contributed by atoms with E-state index in [1.54, 1.807) is 42.5 Å². The van der Waals surface area contributed by atoms with Crippen molar-refractivity contribution in [1.82, 2.24) is 4.90 Å². The van der Waals surface area contributed by atoms with Crippen LogP contribution in [0.4, 0.5) is 0 Å². The Balaban J connectivity index is 0.00000192. The van der Waals surface area contributed by atoms with Crippen LogP contribution in [0.5, 0.6) is 0 Å². The van der Waals surface area contributed by atoms with Gasteiger partial charge in [0.2, 0.25) is 0 Å². The summed E-state index contributed by atoms with van der Waals surface area (Å²) in [7, 11) is 0. The Morgan fingerprint density at radius 1 is 0.913 bits per heavy atom. The first-order valence-corrected chi connectivity index (χ1v) is 6.81. The number of rotatable bonds is 4. The Hall–Kier alpha value is -2.35. The predicted octanol–water partition coefficient (Wildman–Crippen LogP) is -2.35. The summed E-state index contributed by atoms with van der Waals surface area (Å²) in [6.07, 6.45) is 0.0225. The molecule has 5 nitrogen and oxygen atoms in total. The fraction of sp³-hybridized carbons (Fsp3) is 0.118. The van der Waals surface area contributed by atoms with E-state index >= 15 is 0 Å². The number of benzene rings is 2. The van der Waals surface area contributed by atoms with Crippen molar-refractivity contribution < 1.29 is 38.4 Å². The average Bonchev–Trinajstić information content (AvgIpc) is 2.78. The van der Waals surface area contributed by atoms with Gasteiger partial charge in [-0.05, 0) is 24.1 Å². The van der Waals surface area contributed by atoms with Crippen molar-refractivity contribution in [3.05, 3.63) is 71.3 Å². The summed E-state index contributed by atoms with van der Waals surface area (Å²) in [5.41, 5.74) is 1.17. The zero-order chi connectivity index (χ0) is 15.7. The zero-order valence-electron chi connectivity index (χ0n) is 12.6. The van der Waals surface area contributed by atoms with Gasteiger partial charge in [-0.25, -0.2) is 0 Å². The van der Waals surface area contributed by atoms with Gasteiger partial charge < -0.3 is 9.90 Å². The number of carbonyl (C=O) groups excluding carboxylic acids is 3. The molecule has 23 heavy (non-hydrogen) atoms. The number of carboxylic acids is 1. The summed E-state index contributed by atoms with van der Waals surface area (Å²) < 4.78 is 0. The van der Waals surface area contributed by atoms with Crippen molar-refractivity contribution >= 4 is 17.8 Å². The predicted molar refractivity (Wildman–Crippen MR) is 75.9 cm³/mol. The quantitative estimate of drug-likeness (QED) is 0.468. The smallest absolute Gasteiger partial charge is 0.548 e. The van der Waals surface area contributed by atoms with Gasteiger partial charge in [-0.15, -0.1) is 0 Å². The van der Waals surface area contributed by atoms with Crippen molar-refractivity contribution in [2.75, 3.05) is 0 Å². The summed E-state index contributed by atoms with van der Waals surface area (Å²) in [6, 6.07) is 13.8. The van der Waals surface area contributed by atoms with Gasteiger partial charge in [0, 0.05) is 0 Å². The molecule has 0 aromatic heterocycles. The van der Waals surface area contributed by atoms with Crippen LogP contribution in [0.3, 0.4) is 0 Å². The molecule has 1 aliphatic rings. The monoisotopic (exact) mass is 301 g/mol. The third kappa shape index (κ3) is 3.07. The minimum atomic E-state index is -1.45. The molecule has 0 N–H and O–H groups in total. The molecule has 1 aliphatic heterocycles. The molecule has 2 aromatic rings. The Morgan fingerprint density at radius 2 is 1.39 bits per heavy atom. The second-order valence-corrected chi connectivity index (χ2v) is 5.05. The number of fused-ring (bicyclic) bond motifs is 1. The van der Waals surface area contributed by atoms with Crippen LogP contribution >= 0.6 is 0 Å². The van der Waals surface area contributed by atoms with Gasteiger partial charge in [0.05, 0.1) is 23.1 Å². The molecule has 0 fully saturated rings. The number of carboxylic acid groups (broad SMARTS) is 1. The Kier molecular flexibility index (Phi) is 5.04. The summed E-state index contributed by atoms with van der Waals surface area (Å²) in [5, 5.41) is 11.5. The van der Waals surface area contributed by atoms with Gasteiger partial charge in [0.1, 0.15) is 0 Å². The van der Waals surface area contributed by atoms with E-state index in [1.165, 1.54) is 12.1 Å². The molecule has 2 amide bonds. The van der Waals surface area contributed by atoms with Gasteiger partial charge in [0.15, 0.2) is 0 Å². The molecule has 0 spiro atoms. The molecule has 110 valence electrons. The van der Waals surface area contributed by atoms with Crippen LogP contribution in [0, 0.1) is 0 Å². The number of nitrogens with zero attached hydrogens (tertiary/aromatic N) is 1. The van der Waals surface area contributed by atoms with Crippen molar-refractivity contribution in [3.63, 3.8) is 0 Å². The molecular formula is C17H12LiNO4. The van der Waals surface area contributed by atoms with Crippen molar-refractivity contribution in [2.45, 2.75) is 12.5 Å². The molecule has 0 saturated carbocycles. The van der Waals surface area contributed by atoms with Crippen LogP contribution in [0.25, 0.3) is 0 Å². The molecule has 0 aliphatic carbocycles. The first-order valence-electron chi connectivity index (χ1n) is 6.81. The van der Waals surface area contributed by atoms with E-state index < -0.39 is 23.8 Å². The number of aliphatic carboxylic acids is 1. The second kappa shape index (κ2) is 6.82. The van der Waals surface area contributed by atoms with Crippen LogP contribution in [-0.2, 0) is 11.2 Å². The maximum Gasteiger partial charge on any atom is 1.00 e. The van der Waals surface area contributed by atoms with Gasteiger partial charge in [-0.1, -0.05) is 42.5 Å². The maximum absolute atomic E-state index is 12.4. The van der Waals surface area contributed by atoms with Gasteiger partial charge in [-0.3, -0.25) is 14.5 Å². The largest absolute Gasteiger partial charge is 1.00 e. The summed E-state index contributed by atoms with van der Waals surface area (Å²) in [5.74, 6) is -2.63. The van der Waals surface area contributed by atoms with E-state index in [0.29, 0.717) is 5.56 Å². The molecule has 3 rings (SSSR count). The molecule has 1 heterocycles. The molecule has 2 aromatic carbocycles. The standard InChI is InChI=1S/C17H13NO4.Li/c19-15-12-8-4-5-9-13(12)16(20)18(15)14(17(21)22)10-11-6-2-1-3-7-11;/h1-9,14H,10H2,(H,21,22);/q;+1/p-1. The molecular weight excluding hydrogens is 289 g/mol. The molecule has 6 heteroatoms. The van der Waals surface area contributed by atoms with Gasteiger partial charge in [-0.2, -0.15) is 0 Å². The Labute approximate surface area is 145 Å². The molecule has 0 saturated heterocycles. The van der Waals surface area contributed by atoms with Crippen LogP contribution in [0.1, 0.15) is 26.3 Å². The number of hydrogen-bond donors (Lipinski definition) is 0. The van der Waals surface area contributed by atoms with Crippen molar-refractivity contribution in [1.29, 1.82) is 0 Å². The molecule has 1 atom stereocenters. The van der Waals surface area contributed by atoms with E-state index in [4.69, 9.17) is 0 Å². The van der Waals surface area contributed by atoms with Crippen LogP contribution in [0.15, 0.2) is 54.6 Å². The topological polar surface area (TPSA) is 77.5 Å². The third-order valence-corrected chi connectivity index (χ3v) is 3.68. The van der Waals surface area contributed by atoms with E-state index in [9.17, 15) is 19.5 Å². The van der Waals surface area contributed by atoms with Crippen LogP contribution in [0.2, 0.25) is 0 Å². The number of amides is 2. The summed E-state index contributed by atoms with van der Waals surface area (Å²) in [4.78, 5) is 37.0. The van der Waals surface area contributed by atoms with E-state index in [0.717, 1.165) is 4.90 Å². The summed E-state index contributed by atoms with van der Waals surface area (Å²) >= 11 is 0. The van der Waals surface area contributed by atoms with Crippen LogP contribution in [-0.4, -0.2) is 28.7 Å². The van der Waals surface area contributed by atoms with Crippen molar-refractivity contribution in [2.24, 2.45) is 0 Å². The minimum absolute atomic E-state index is 0. The summed E-state index contributed by atoms with van der Waals surface area (Å²) in [6.45, 7) is 0. The van der Waals surface area contributed by atoms with E-state index in [-0.39, 0.29) is 36.4 Å². The Bertz CT molecular complexity index is 725. The maximum atomic E-state index is 12.4. The second-order valence-electron chi connectivity index (χ2n) is 5.05. The Morgan fingerprint density at radius 3 is 1.87 bits per heavy atom. The van der Waals surface area contributed by atoms with Gasteiger partial charge in [0.25, 0.3) is 11.8 Å². The first-order chi connectivity index (χ1) is 10.6. The minimum Gasteiger partial charge on any atom is -0.548 e. The van der Waals surface area contributed by atoms with E-state index in [1.807, 2.05) is 0 Å². The fourth-order valence-electron chi connectivity index (χ4n) is 2.61. The third-order valence-electron chi connectivity index (χ3n) is 3.68. The fourth-order valence-corrected chi connectivity index (χ4v) is 2.61. The van der Waals surface area contributed by atoms with Gasteiger partial charge >= 0.3 is 18.9 Å². The van der Waals surface area contributed by atoms with E-state index in [2.05, 4.69) is 0 Å².